The molecule has 3 aromatic rings. The number of rotatable bonds is 11. The van der Waals surface area contributed by atoms with E-state index in [1.54, 1.807) is 41.2 Å². The SMILES string of the molecule is CCCOc1ccc(NC(=O)NCC(=O)Nc2ccc(-n3cccn3)cc2)cc1OCCC. The Morgan fingerprint density at radius 2 is 1.61 bits per heavy atom. The zero-order valence-corrected chi connectivity index (χ0v) is 18.8. The highest BCUT2D eigenvalue weighted by atomic mass is 16.5. The highest BCUT2D eigenvalue weighted by Gasteiger charge is 2.10. The third-order valence-corrected chi connectivity index (χ3v) is 4.45. The highest BCUT2D eigenvalue weighted by molar-refractivity contribution is 5.97. The smallest absolute Gasteiger partial charge is 0.319 e. The molecule has 174 valence electrons. The van der Waals surface area contributed by atoms with Crippen molar-refractivity contribution < 1.29 is 19.1 Å². The first kappa shape index (κ1) is 23.6. The van der Waals surface area contributed by atoms with E-state index in [2.05, 4.69) is 21.0 Å². The van der Waals surface area contributed by atoms with Gasteiger partial charge in [0, 0.05) is 29.8 Å². The lowest BCUT2D eigenvalue weighted by atomic mass is 10.2. The molecule has 0 saturated heterocycles. The van der Waals surface area contributed by atoms with Crippen molar-refractivity contribution in [2.24, 2.45) is 0 Å². The number of carbonyl (C=O) groups is 2. The van der Waals surface area contributed by atoms with Crippen LogP contribution < -0.4 is 25.4 Å². The van der Waals surface area contributed by atoms with Gasteiger partial charge in [0.25, 0.3) is 0 Å². The number of hydrogen-bond donors (Lipinski definition) is 3. The van der Waals surface area contributed by atoms with E-state index in [1.807, 2.05) is 38.2 Å². The molecule has 9 heteroatoms. The first-order valence-electron chi connectivity index (χ1n) is 10.9. The summed E-state index contributed by atoms with van der Waals surface area (Å²) in [4.78, 5) is 24.4. The van der Waals surface area contributed by atoms with Crippen LogP contribution >= 0.6 is 0 Å². The summed E-state index contributed by atoms with van der Waals surface area (Å²) in [5, 5.41) is 12.2. The lowest BCUT2D eigenvalue weighted by Gasteiger charge is -2.14. The third kappa shape index (κ3) is 7.27. The number of aromatic nitrogens is 2. The first-order chi connectivity index (χ1) is 16.1. The maximum Gasteiger partial charge on any atom is 0.319 e. The number of benzene rings is 2. The number of ether oxygens (including phenoxy) is 2. The third-order valence-electron chi connectivity index (χ3n) is 4.45. The van der Waals surface area contributed by atoms with E-state index >= 15 is 0 Å². The van der Waals surface area contributed by atoms with Crippen LogP contribution in [0.5, 0.6) is 11.5 Å². The molecule has 3 amide bonds. The minimum Gasteiger partial charge on any atom is -0.490 e. The van der Waals surface area contributed by atoms with Gasteiger partial charge < -0.3 is 25.4 Å². The van der Waals surface area contributed by atoms with Crippen LogP contribution in [0, 0.1) is 0 Å². The number of hydrogen-bond acceptors (Lipinski definition) is 5. The molecule has 0 unspecified atom stereocenters. The van der Waals surface area contributed by atoms with Crippen molar-refractivity contribution in [2.75, 3.05) is 30.4 Å². The van der Waals surface area contributed by atoms with Crippen molar-refractivity contribution in [1.29, 1.82) is 0 Å². The summed E-state index contributed by atoms with van der Waals surface area (Å²) in [7, 11) is 0. The average molecular weight is 452 g/mol. The van der Waals surface area contributed by atoms with Gasteiger partial charge in [0.1, 0.15) is 0 Å². The summed E-state index contributed by atoms with van der Waals surface area (Å²) >= 11 is 0. The molecular weight excluding hydrogens is 422 g/mol. The first-order valence-corrected chi connectivity index (χ1v) is 10.9. The van der Waals surface area contributed by atoms with E-state index < -0.39 is 6.03 Å². The van der Waals surface area contributed by atoms with Gasteiger partial charge in [0.15, 0.2) is 11.5 Å². The average Bonchev–Trinajstić information content (AvgIpc) is 3.36. The Balaban J connectivity index is 1.49. The maximum absolute atomic E-state index is 12.2. The molecule has 0 fully saturated rings. The minimum absolute atomic E-state index is 0.177. The summed E-state index contributed by atoms with van der Waals surface area (Å²) in [6.45, 7) is 4.99. The molecule has 0 aliphatic heterocycles. The molecule has 1 aromatic heterocycles. The van der Waals surface area contributed by atoms with Gasteiger partial charge in [0.05, 0.1) is 25.4 Å². The van der Waals surface area contributed by atoms with E-state index in [9.17, 15) is 9.59 Å². The summed E-state index contributed by atoms with van der Waals surface area (Å²) in [5.74, 6) is 0.862. The summed E-state index contributed by atoms with van der Waals surface area (Å²) in [5.41, 5.74) is 2.04. The van der Waals surface area contributed by atoms with Crippen molar-refractivity contribution in [3.8, 4) is 17.2 Å². The van der Waals surface area contributed by atoms with Crippen LogP contribution in [-0.4, -0.2) is 41.5 Å². The van der Waals surface area contributed by atoms with Crippen LogP contribution in [0.2, 0.25) is 0 Å². The molecule has 3 N–H and O–H groups in total. The fraction of sp³-hybridized carbons (Fsp3) is 0.292. The van der Waals surface area contributed by atoms with Crippen LogP contribution in [0.15, 0.2) is 60.9 Å². The predicted octanol–water partition coefficient (Wildman–Crippen LogP) is 4.21. The fourth-order valence-electron chi connectivity index (χ4n) is 2.90. The molecule has 1 heterocycles. The second kappa shape index (κ2) is 12.1. The molecule has 0 aliphatic rings. The lowest BCUT2D eigenvalue weighted by molar-refractivity contribution is -0.115. The largest absolute Gasteiger partial charge is 0.490 e. The Bertz CT molecular complexity index is 1040. The second-order valence-corrected chi connectivity index (χ2v) is 7.21. The Kier molecular flexibility index (Phi) is 8.70. The van der Waals surface area contributed by atoms with Crippen molar-refractivity contribution in [3.05, 3.63) is 60.9 Å². The minimum atomic E-state index is -0.497. The van der Waals surface area contributed by atoms with E-state index in [1.165, 1.54) is 0 Å². The van der Waals surface area contributed by atoms with Gasteiger partial charge in [-0.15, -0.1) is 0 Å². The Morgan fingerprint density at radius 3 is 2.27 bits per heavy atom. The Morgan fingerprint density at radius 1 is 0.909 bits per heavy atom. The van der Waals surface area contributed by atoms with Crippen molar-refractivity contribution in [2.45, 2.75) is 26.7 Å². The van der Waals surface area contributed by atoms with Gasteiger partial charge in [-0.05, 0) is 55.3 Å². The quantitative estimate of drug-likeness (QED) is 0.405. The van der Waals surface area contributed by atoms with Crippen LogP contribution in [0.4, 0.5) is 16.2 Å². The zero-order valence-electron chi connectivity index (χ0n) is 18.8. The van der Waals surface area contributed by atoms with Gasteiger partial charge in [-0.25, -0.2) is 9.48 Å². The number of nitrogens with zero attached hydrogens (tertiary/aromatic N) is 2. The number of amides is 3. The molecule has 0 atom stereocenters. The number of carbonyl (C=O) groups excluding carboxylic acids is 2. The van der Waals surface area contributed by atoms with E-state index in [0.717, 1.165) is 18.5 Å². The van der Waals surface area contributed by atoms with Gasteiger partial charge in [-0.3, -0.25) is 4.79 Å². The molecule has 0 aliphatic carbocycles. The number of urea groups is 1. The lowest BCUT2D eigenvalue weighted by Crippen LogP contribution is -2.35. The molecule has 0 bridgehead atoms. The van der Waals surface area contributed by atoms with E-state index in [4.69, 9.17) is 9.47 Å². The van der Waals surface area contributed by atoms with Crippen molar-refractivity contribution in [3.63, 3.8) is 0 Å². The second-order valence-electron chi connectivity index (χ2n) is 7.21. The molecule has 0 radical (unpaired) electrons. The monoisotopic (exact) mass is 451 g/mol. The molecular formula is C24H29N5O4. The molecule has 0 spiro atoms. The summed E-state index contributed by atoms with van der Waals surface area (Å²) < 4.78 is 13.2. The summed E-state index contributed by atoms with van der Waals surface area (Å²) in [6.07, 6.45) is 5.26. The molecule has 9 nitrogen and oxygen atoms in total. The van der Waals surface area contributed by atoms with Gasteiger partial charge in [-0.1, -0.05) is 13.8 Å². The van der Waals surface area contributed by atoms with Crippen molar-refractivity contribution in [1.82, 2.24) is 15.1 Å². The number of anilines is 2. The topological polar surface area (TPSA) is 107 Å². The van der Waals surface area contributed by atoms with Gasteiger partial charge in [-0.2, -0.15) is 5.10 Å². The molecule has 0 saturated carbocycles. The molecule has 33 heavy (non-hydrogen) atoms. The standard InChI is InChI=1S/C24H29N5O4/c1-3-14-32-21-11-8-19(16-22(21)33-15-4-2)28-24(31)25-17-23(30)27-18-6-9-20(10-7-18)29-13-5-12-26-29/h5-13,16H,3-4,14-15,17H2,1-2H3,(H,27,30)(H2,25,28,31). The van der Waals surface area contributed by atoms with E-state index in [0.29, 0.717) is 36.1 Å². The fourth-order valence-corrected chi connectivity index (χ4v) is 2.90. The van der Waals surface area contributed by atoms with Crippen LogP contribution in [0.1, 0.15) is 26.7 Å². The van der Waals surface area contributed by atoms with Crippen LogP contribution in [0.3, 0.4) is 0 Å². The summed E-state index contributed by atoms with van der Waals surface area (Å²) in [6, 6.07) is 13.8. The zero-order chi connectivity index (χ0) is 23.5. The van der Waals surface area contributed by atoms with Crippen LogP contribution in [0.25, 0.3) is 5.69 Å². The maximum atomic E-state index is 12.2. The van der Waals surface area contributed by atoms with Crippen LogP contribution in [-0.2, 0) is 4.79 Å². The number of nitrogens with one attached hydrogen (secondary N) is 3. The van der Waals surface area contributed by atoms with Gasteiger partial charge >= 0.3 is 6.03 Å². The van der Waals surface area contributed by atoms with Gasteiger partial charge in [0.2, 0.25) is 5.91 Å². The predicted molar refractivity (Wildman–Crippen MR) is 127 cm³/mol. The molecule has 2 aromatic carbocycles. The highest BCUT2D eigenvalue weighted by Crippen LogP contribution is 2.31. The Hall–Kier alpha value is -4.01. The normalized spacial score (nSPS) is 10.4. The Labute approximate surface area is 193 Å². The van der Waals surface area contributed by atoms with E-state index in [-0.39, 0.29) is 12.5 Å². The van der Waals surface area contributed by atoms with Crippen molar-refractivity contribution >= 4 is 23.3 Å². The molecule has 3 rings (SSSR count).